The summed E-state index contributed by atoms with van der Waals surface area (Å²) >= 11 is 5.88. The Hall–Kier alpha value is -1.39. The molecule has 108 valence electrons. The number of halogens is 1. The van der Waals surface area contributed by atoms with E-state index in [2.05, 4.69) is 18.7 Å². The Morgan fingerprint density at radius 2 is 1.90 bits per heavy atom. The van der Waals surface area contributed by atoms with E-state index in [0.717, 1.165) is 26.1 Å². The summed E-state index contributed by atoms with van der Waals surface area (Å²) in [4.78, 5) is 27.8. The van der Waals surface area contributed by atoms with Crippen LogP contribution in [0.4, 0.5) is 5.69 Å². The van der Waals surface area contributed by atoms with E-state index in [1.54, 1.807) is 23.1 Å². The first-order valence-electron chi connectivity index (χ1n) is 6.96. The number of hydrogen-bond acceptors (Lipinski definition) is 3. The van der Waals surface area contributed by atoms with Gasteiger partial charge in [0, 0.05) is 11.6 Å². The van der Waals surface area contributed by atoms with Gasteiger partial charge in [-0.3, -0.25) is 9.59 Å². The van der Waals surface area contributed by atoms with Crippen LogP contribution in [0.5, 0.6) is 0 Å². The van der Waals surface area contributed by atoms with Crippen LogP contribution < -0.4 is 4.90 Å². The van der Waals surface area contributed by atoms with Crippen LogP contribution in [0.15, 0.2) is 18.2 Å². The maximum atomic E-state index is 12.0. The monoisotopic (exact) mass is 294 g/mol. The smallest absolute Gasteiger partial charge is 0.299 e. The zero-order valence-corrected chi connectivity index (χ0v) is 12.6. The van der Waals surface area contributed by atoms with Crippen molar-refractivity contribution in [2.45, 2.75) is 20.3 Å². The highest BCUT2D eigenvalue weighted by molar-refractivity contribution is 6.52. The number of Topliss-reactive ketones (excluding diaryl/α,β-unsaturated/α-hetero) is 1. The predicted octanol–water partition coefficient (Wildman–Crippen LogP) is 2.60. The van der Waals surface area contributed by atoms with Gasteiger partial charge in [0.25, 0.3) is 11.7 Å². The van der Waals surface area contributed by atoms with Gasteiger partial charge in [0.05, 0.1) is 11.3 Å². The lowest BCUT2D eigenvalue weighted by Crippen LogP contribution is -2.33. The van der Waals surface area contributed by atoms with Gasteiger partial charge in [-0.25, -0.2) is 0 Å². The van der Waals surface area contributed by atoms with E-state index < -0.39 is 11.7 Å². The summed E-state index contributed by atoms with van der Waals surface area (Å²) in [5, 5.41) is 0.481. The van der Waals surface area contributed by atoms with Crippen molar-refractivity contribution >= 4 is 29.0 Å². The molecule has 0 unspecified atom stereocenters. The van der Waals surface area contributed by atoms with Gasteiger partial charge in [0.1, 0.15) is 0 Å². The SMILES string of the molecule is CCN(CC)CCCN1C(=O)C(=O)c2cc(Cl)ccc21. The third-order valence-electron chi connectivity index (χ3n) is 3.68. The maximum absolute atomic E-state index is 12.0. The lowest BCUT2D eigenvalue weighted by atomic mass is 10.1. The van der Waals surface area contributed by atoms with E-state index in [1.165, 1.54) is 0 Å². The second-order valence-electron chi connectivity index (χ2n) is 4.83. The summed E-state index contributed by atoms with van der Waals surface area (Å²) in [6, 6.07) is 5.03. The van der Waals surface area contributed by atoms with Crippen LogP contribution in [0.1, 0.15) is 30.6 Å². The number of nitrogens with zero attached hydrogens (tertiary/aromatic N) is 2. The second kappa shape index (κ2) is 6.37. The Labute approximate surface area is 124 Å². The van der Waals surface area contributed by atoms with Crippen LogP contribution in [0.25, 0.3) is 0 Å². The van der Waals surface area contributed by atoms with Crippen LogP contribution in [0, 0.1) is 0 Å². The fourth-order valence-corrected chi connectivity index (χ4v) is 2.66. The molecule has 0 atom stereocenters. The normalized spacial score (nSPS) is 14.3. The number of benzene rings is 1. The molecule has 1 heterocycles. The molecular formula is C15H19ClN2O2. The molecular weight excluding hydrogens is 276 g/mol. The molecule has 5 heteroatoms. The number of amides is 1. The van der Waals surface area contributed by atoms with Crippen LogP contribution >= 0.6 is 11.6 Å². The van der Waals surface area contributed by atoms with Gasteiger partial charge in [0.15, 0.2) is 0 Å². The van der Waals surface area contributed by atoms with Gasteiger partial charge in [-0.05, 0) is 44.3 Å². The maximum Gasteiger partial charge on any atom is 0.299 e. The fourth-order valence-electron chi connectivity index (χ4n) is 2.49. The molecule has 1 aromatic carbocycles. The zero-order valence-electron chi connectivity index (χ0n) is 11.9. The minimum Gasteiger partial charge on any atom is -0.305 e. The molecule has 0 aromatic heterocycles. The van der Waals surface area contributed by atoms with Crippen molar-refractivity contribution in [3.8, 4) is 0 Å². The molecule has 0 aliphatic carbocycles. The van der Waals surface area contributed by atoms with E-state index >= 15 is 0 Å². The number of fused-ring (bicyclic) bond motifs is 1. The van der Waals surface area contributed by atoms with E-state index in [9.17, 15) is 9.59 Å². The number of carbonyl (C=O) groups excluding carboxylic acids is 2. The molecule has 2 rings (SSSR count). The van der Waals surface area contributed by atoms with E-state index in [1.807, 2.05) is 0 Å². The van der Waals surface area contributed by atoms with Gasteiger partial charge >= 0.3 is 0 Å². The summed E-state index contributed by atoms with van der Waals surface area (Å²) in [5.41, 5.74) is 1.11. The van der Waals surface area contributed by atoms with Gasteiger partial charge in [-0.15, -0.1) is 0 Å². The first-order valence-corrected chi connectivity index (χ1v) is 7.34. The molecule has 0 radical (unpaired) electrons. The molecule has 4 nitrogen and oxygen atoms in total. The van der Waals surface area contributed by atoms with E-state index in [4.69, 9.17) is 11.6 Å². The van der Waals surface area contributed by atoms with Crippen molar-refractivity contribution in [1.82, 2.24) is 4.90 Å². The lowest BCUT2D eigenvalue weighted by Gasteiger charge is -2.21. The second-order valence-corrected chi connectivity index (χ2v) is 5.26. The first kappa shape index (κ1) is 15.0. The molecule has 0 fully saturated rings. The topological polar surface area (TPSA) is 40.6 Å². The van der Waals surface area contributed by atoms with Gasteiger partial charge in [-0.2, -0.15) is 0 Å². The standard InChI is InChI=1S/C15H19ClN2O2/c1-3-17(4-2)8-5-9-18-13-7-6-11(16)10-12(13)14(19)15(18)20/h6-7,10H,3-5,8-9H2,1-2H3. The van der Waals surface area contributed by atoms with E-state index in [0.29, 0.717) is 22.8 Å². The van der Waals surface area contributed by atoms with Crippen LogP contribution in [0.3, 0.4) is 0 Å². The lowest BCUT2D eigenvalue weighted by molar-refractivity contribution is -0.114. The average molecular weight is 295 g/mol. The molecule has 1 aliphatic rings. The summed E-state index contributed by atoms with van der Waals surface area (Å²) in [6.07, 6.45) is 0.850. The molecule has 1 aromatic rings. The predicted molar refractivity (Wildman–Crippen MR) is 80.5 cm³/mol. The number of hydrogen-bond donors (Lipinski definition) is 0. The van der Waals surface area contributed by atoms with Crippen molar-refractivity contribution in [3.63, 3.8) is 0 Å². The fraction of sp³-hybridized carbons (Fsp3) is 0.467. The third kappa shape index (κ3) is 2.86. The summed E-state index contributed by atoms with van der Waals surface area (Å²) in [7, 11) is 0. The van der Waals surface area contributed by atoms with Crippen LogP contribution in [0.2, 0.25) is 5.02 Å². The van der Waals surface area contributed by atoms with Crippen molar-refractivity contribution in [2.24, 2.45) is 0 Å². The highest BCUT2D eigenvalue weighted by Gasteiger charge is 2.35. The van der Waals surface area contributed by atoms with Crippen LogP contribution in [-0.2, 0) is 4.79 Å². The quantitative estimate of drug-likeness (QED) is 0.757. The molecule has 0 spiro atoms. The van der Waals surface area contributed by atoms with Crippen LogP contribution in [-0.4, -0.2) is 42.8 Å². The zero-order chi connectivity index (χ0) is 14.7. The number of rotatable bonds is 6. The van der Waals surface area contributed by atoms with Crippen molar-refractivity contribution in [2.75, 3.05) is 31.1 Å². The minimum absolute atomic E-state index is 0.422. The summed E-state index contributed by atoms with van der Waals surface area (Å²) in [6.45, 7) is 7.71. The Kier molecular flexibility index (Phi) is 4.78. The summed E-state index contributed by atoms with van der Waals surface area (Å²) in [5.74, 6) is -0.896. The molecule has 1 amide bonds. The van der Waals surface area contributed by atoms with Gasteiger partial charge in [0.2, 0.25) is 0 Å². The molecule has 0 bridgehead atoms. The molecule has 0 saturated carbocycles. The molecule has 0 saturated heterocycles. The third-order valence-corrected chi connectivity index (χ3v) is 3.92. The van der Waals surface area contributed by atoms with Crippen molar-refractivity contribution in [1.29, 1.82) is 0 Å². The van der Waals surface area contributed by atoms with Crippen molar-refractivity contribution in [3.05, 3.63) is 28.8 Å². The highest BCUT2D eigenvalue weighted by atomic mass is 35.5. The largest absolute Gasteiger partial charge is 0.305 e. The number of ketones is 1. The molecule has 0 N–H and O–H groups in total. The summed E-state index contributed by atoms with van der Waals surface area (Å²) < 4.78 is 0. The Bertz CT molecular complexity index is 527. The van der Waals surface area contributed by atoms with Crippen molar-refractivity contribution < 1.29 is 9.59 Å². The van der Waals surface area contributed by atoms with Gasteiger partial charge in [-0.1, -0.05) is 25.4 Å². The Morgan fingerprint density at radius 1 is 1.20 bits per heavy atom. The minimum atomic E-state index is -0.453. The Morgan fingerprint density at radius 3 is 2.55 bits per heavy atom. The highest BCUT2D eigenvalue weighted by Crippen LogP contribution is 2.31. The molecule has 20 heavy (non-hydrogen) atoms. The number of anilines is 1. The van der Waals surface area contributed by atoms with E-state index in [-0.39, 0.29) is 0 Å². The molecule has 1 aliphatic heterocycles. The Balaban J connectivity index is 2.06. The number of carbonyl (C=O) groups is 2. The average Bonchev–Trinajstić information content (AvgIpc) is 2.68. The first-order chi connectivity index (χ1) is 9.58. The van der Waals surface area contributed by atoms with Gasteiger partial charge < -0.3 is 9.80 Å².